The lowest BCUT2D eigenvalue weighted by Crippen LogP contribution is -2.10. The van der Waals surface area contributed by atoms with Crippen molar-refractivity contribution in [2.75, 3.05) is 0 Å². The smallest absolute Gasteiger partial charge is 0.122 e. The van der Waals surface area contributed by atoms with Gasteiger partial charge in [0.25, 0.3) is 0 Å². The van der Waals surface area contributed by atoms with Gasteiger partial charge in [-0.25, -0.2) is 0 Å². The molecule has 3 heteroatoms. The van der Waals surface area contributed by atoms with Gasteiger partial charge in [0.2, 0.25) is 0 Å². The summed E-state index contributed by atoms with van der Waals surface area (Å²) in [5.74, 6) is 0.104. The van der Waals surface area contributed by atoms with Crippen molar-refractivity contribution in [1.82, 2.24) is 4.57 Å². The molecule has 0 radical (unpaired) electrons. The van der Waals surface area contributed by atoms with E-state index < -0.39 is 0 Å². The Bertz CT molecular complexity index is 1010. The summed E-state index contributed by atoms with van der Waals surface area (Å²) >= 11 is 0. The van der Waals surface area contributed by atoms with E-state index in [0.29, 0.717) is 0 Å². The SMILES string of the molecule is N=C(N)c1ccc2c(c1)c1ccccc1n2Cc1ccccc1. The van der Waals surface area contributed by atoms with Gasteiger partial charge in [-0.15, -0.1) is 0 Å². The third kappa shape index (κ3) is 2.27. The number of nitrogens with zero attached hydrogens (tertiary/aromatic N) is 1. The molecule has 3 aromatic carbocycles. The van der Waals surface area contributed by atoms with Crippen LogP contribution >= 0.6 is 0 Å². The van der Waals surface area contributed by atoms with Crippen LogP contribution in [0.2, 0.25) is 0 Å². The van der Waals surface area contributed by atoms with E-state index in [1.165, 1.54) is 22.0 Å². The van der Waals surface area contributed by atoms with Crippen molar-refractivity contribution < 1.29 is 0 Å². The summed E-state index contributed by atoms with van der Waals surface area (Å²) in [4.78, 5) is 0. The maximum Gasteiger partial charge on any atom is 0.122 e. The molecule has 0 aliphatic rings. The lowest BCUT2D eigenvalue weighted by molar-refractivity contribution is 0.869. The van der Waals surface area contributed by atoms with Crippen LogP contribution in [-0.2, 0) is 6.54 Å². The zero-order valence-electron chi connectivity index (χ0n) is 12.7. The molecule has 112 valence electrons. The van der Waals surface area contributed by atoms with Crippen LogP contribution in [0.1, 0.15) is 11.1 Å². The van der Waals surface area contributed by atoms with Gasteiger partial charge >= 0.3 is 0 Å². The molecule has 0 saturated heterocycles. The number of fused-ring (bicyclic) bond motifs is 3. The quantitative estimate of drug-likeness (QED) is 0.434. The van der Waals surface area contributed by atoms with Gasteiger partial charge in [-0.3, -0.25) is 5.41 Å². The van der Waals surface area contributed by atoms with Crippen LogP contribution in [0.25, 0.3) is 21.8 Å². The molecule has 0 amide bonds. The molecule has 0 aliphatic heterocycles. The molecule has 0 fully saturated rings. The molecule has 0 aliphatic carbocycles. The Kier molecular flexibility index (Phi) is 3.12. The average Bonchev–Trinajstić information content (AvgIpc) is 2.90. The van der Waals surface area contributed by atoms with Crippen LogP contribution in [0, 0.1) is 5.41 Å². The Balaban J connectivity index is 1.99. The highest BCUT2D eigenvalue weighted by Gasteiger charge is 2.11. The van der Waals surface area contributed by atoms with Gasteiger partial charge in [-0.05, 0) is 29.8 Å². The standard InChI is InChI=1S/C20H17N3/c21-20(22)15-10-11-19-17(12-15)16-8-4-5-9-18(16)23(19)13-14-6-2-1-3-7-14/h1-12H,13H2,(H3,21,22). The summed E-state index contributed by atoms with van der Waals surface area (Å²) < 4.78 is 2.32. The summed E-state index contributed by atoms with van der Waals surface area (Å²) in [6, 6.07) is 24.8. The zero-order chi connectivity index (χ0) is 15.8. The summed E-state index contributed by atoms with van der Waals surface area (Å²) in [5, 5.41) is 10.0. The largest absolute Gasteiger partial charge is 0.384 e. The molecule has 1 aromatic heterocycles. The Morgan fingerprint density at radius 3 is 2.30 bits per heavy atom. The number of rotatable bonds is 3. The van der Waals surface area contributed by atoms with Crippen molar-refractivity contribution in [2.45, 2.75) is 6.54 Å². The first-order valence-corrected chi connectivity index (χ1v) is 7.63. The van der Waals surface area contributed by atoms with E-state index in [9.17, 15) is 0 Å². The molecule has 23 heavy (non-hydrogen) atoms. The molecule has 4 aromatic rings. The van der Waals surface area contributed by atoms with Crippen LogP contribution in [-0.4, -0.2) is 10.4 Å². The van der Waals surface area contributed by atoms with Crippen LogP contribution in [0.15, 0.2) is 72.8 Å². The highest BCUT2D eigenvalue weighted by molar-refractivity contribution is 6.10. The molecule has 0 bridgehead atoms. The normalized spacial score (nSPS) is 11.1. The predicted octanol–water partition coefficient (Wildman–Crippen LogP) is 4.13. The molecule has 3 N–H and O–H groups in total. The second-order valence-corrected chi connectivity index (χ2v) is 5.73. The molecule has 0 unspecified atom stereocenters. The minimum Gasteiger partial charge on any atom is -0.384 e. The van der Waals surface area contributed by atoms with Gasteiger partial charge in [0.15, 0.2) is 0 Å². The number of hydrogen-bond donors (Lipinski definition) is 2. The highest BCUT2D eigenvalue weighted by atomic mass is 15.0. The molecule has 3 nitrogen and oxygen atoms in total. The van der Waals surface area contributed by atoms with Crippen molar-refractivity contribution in [2.24, 2.45) is 5.73 Å². The molecule has 4 rings (SSSR count). The zero-order valence-corrected chi connectivity index (χ0v) is 12.7. The second-order valence-electron chi connectivity index (χ2n) is 5.73. The number of para-hydroxylation sites is 1. The third-order valence-electron chi connectivity index (χ3n) is 4.27. The first kappa shape index (κ1) is 13.6. The van der Waals surface area contributed by atoms with Gasteiger partial charge in [0, 0.05) is 33.9 Å². The number of hydrogen-bond acceptors (Lipinski definition) is 1. The molecular weight excluding hydrogens is 282 g/mol. The van der Waals surface area contributed by atoms with Crippen LogP contribution < -0.4 is 5.73 Å². The number of nitrogens with one attached hydrogen (secondary N) is 1. The second kappa shape index (κ2) is 5.29. The van der Waals surface area contributed by atoms with Crippen LogP contribution in [0.4, 0.5) is 0 Å². The number of benzene rings is 3. The monoisotopic (exact) mass is 299 g/mol. The molecule has 0 spiro atoms. The van der Waals surface area contributed by atoms with Crippen LogP contribution in [0.5, 0.6) is 0 Å². The summed E-state index contributed by atoms with van der Waals surface area (Å²) in [6.45, 7) is 0.824. The summed E-state index contributed by atoms with van der Waals surface area (Å²) in [7, 11) is 0. The Labute approximate surface area is 134 Å². The van der Waals surface area contributed by atoms with E-state index in [1.54, 1.807) is 0 Å². The van der Waals surface area contributed by atoms with E-state index in [4.69, 9.17) is 11.1 Å². The fourth-order valence-corrected chi connectivity index (χ4v) is 3.16. The number of nitrogens with two attached hydrogens (primary N) is 1. The van der Waals surface area contributed by atoms with Crippen molar-refractivity contribution in [1.29, 1.82) is 5.41 Å². The Hall–Kier alpha value is -3.07. The first-order valence-electron chi connectivity index (χ1n) is 7.63. The average molecular weight is 299 g/mol. The summed E-state index contributed by atoms with van der Waals surface area (Å²) in [6.07, 6.45) is 0. The van der Waals surface area contributed by atoms with E-state index >= 15 is 0 Å². The Morgan fingerprint density at radius 2 is 1.52 bits per heavy atom. The Morgan fingerprint density at radius 1 is 0.826 bits per heavy atom. The number of amidine groups is 1. The van der Waals surface area contributed by atoms with Crippen molar-refractivity contribution >= 4 is 27.6 Å². The summed E-state index contributed by atoms with van der Waals surface area (Å²) in [5.41, 5.74) is 10.1. The fourth-order valence-electron chi connectivity index (χ4n) is 3.16. The third-order valence-corrected chi connectivity index (χ3v) is 4.27. The van der Waals surface area contributed by atoms with Crippen LogP contribution in [0.3, 0.4) is 0 Å². The molecular formula is C20H17N3. The highest BCUT2D eigenvalue weighted by Crippen LogP contribution is 2.30. The number of nitrogen functional groups attached to an aromatic ring is 1. The van der Waals surface area contributed by atoms with Gasteiger partial charge in [0.05, 0.1) is 0 Å². The van der Waals surface area contributed by atoms with Gasteiger partial charge in [0.1, 0.15) is 5.84 Å². The van der Waals surface area contributed by atoms with Crippen molar-refractivity contribution in [3.63, 3.8) is 0 Å². The maximum atomic E-state index is 7.68. The van der Waals surface area contributed by atoms with Crippen molar-refractivity contribution in [3.05, 3.63) is 83.9 Å². The first-order chi connectivity index (χ1) is 11.2. The van der Waals surface area contributed by atoms with Gasteiger partial charge < -0.3 is 10.3 Å². The fraction of sp³-hybridized carbons (Fsp3) is 0.0500. The molecule has 0 atom stereocenters. The maximum absolute atomic E-state index is 7.68. The lowest BCUT2D eigenvalue weighted by Gasteiger charge is -2.08. The van der Waals surface area contributed by atoms with E-state index in [0.717, 1.165) is 17.5 Å². The number of aromatic nitrogens is 1. The molecule has 0 saturated carbocycles. The predicted molar refractivity (Wildman–Crippen MR) is 96.0 cm³/mol. The van der Waals surface area contributed by atoms with E-state index in [-0.39, 0.29) is 5.84 Å². The van der Waals surface area contributed by atoms with Crippen molar-refractivity contribution in [3.8, 4) is 0 Å². The van der Waals surface area contributed by atoms with E-state index in [1.807, 2.05) is 18.2 Å². The van der Waals surface area contributed by atoms with E-state index in [2.05, 4.69) is 59.2 Å². The molecule has 1 heterocycles. The lowest BCUT2D eigenvalue weighted by atomic mass is 10.1. The minimum absolute atomic E-state index is 0.104. The van der Waals surface area contributed by atoms with Gasteiger partial charge in [-0.2, -0.15) is 0 Å². The topological polar surface area (TPSA) is 54.8 Å². The minimum atomic E-state index is 0.104. The van der Waals surface area contributed by atoms with Gasteiger partial charge in [-0.1, -0.05) is 48.5 Å².